The van der Waals surface area contributed by atoms with Crippen molar-refractivity contribution in [3.05, 3.63) is 14.7 Å². The third-order valence-electron chi connectivity index (χ3n) is 3.68. The Morgan fingerprint density at radius 3 is 2.60 bits per heavy atom. The first kappa shape index (κ1) is 16.4. The van der Waals surface area contributed by atoms with Crippen LogP contribution < -0.4 is 10.0 Å². The van der Waals surface area contributed by atoms with Gasteiger partial charge in [-0.15, -0.1) is 11.3 Å². The summed E-state index contributed by atoms with van der Waals surface area (Å²) < 4.78 is 28.8. The summed E-state index contributed by atoms with van der Waals surface area (Å²) in [6.07, 6.45) is 5.21. The molecule has 1 fully saturated rings. The summed E-state index contributed by atoms with van der Waals surface area (Å²) in [5.74, 6) is 0. The van der Waals surface area contributed by atoms with E-state index >= 15 is 0 Å². The summed E-state index contributed by atoms with van der Waals surface area (Å²) >= 11 is 4.84. The molecule has 0 spiro atoms. The van der Waals surface area contributed by atoms with E-state index in [4.69, 9.17) is 0 Å². The Labute approximate surface area is 133 Å². The number of nitrogens with one attached hydrogen (secondary N) is 2. The van der Waals surface area contributed by atoms with E-state index in [0.717, 1.165) is 30.6 Å². The number of hydrogen-bond donors (Lipinski definition) is 2. The van der Waals surface area contributed by atoms with Crippen molar-refractivity contribution in [2.75, 3.05) is 7.05 Å². The molecule has 0 amide bonds. The largest absolute Gasteiger partial charge is 0.315 e. The van der Waals surface area contributed by atoms with Crippen LogP contribution in [0.4, 0.5) is 0 Å². The van der Waals surface area contributed by atoms with E-state index in [9.17, 15) is 8.42 Å². The number of hydrogen-bond acceptors (Lipinski definition) is 4. The van der Waals surface area contributed by atoms with E-state index in [2.05, 4.69) is 26.0 Å². The molecule has 1 heterocycles. The highest BCUT2D eigenvalue weighted by Gasteiger charge is 2.33. The Bertz CT molecular complexity index is 563. The number of rotatable bonds is 5. The highest BCUT2D eigenvalue weighted by molar-refractivity contribution is 9.11. The lowest BCUT2D eigenvalue weighted by molar-refractivity contribution is 0.294. The summed E-state index contributed by atoms with van der Waals surface area (Å²) in [5.41, 5.74) is -0.304. The lowest BCUT2D eigenvalue weighted by Crippen LogP contribution is -2.47. The normalized spacial score (nSPS) is 19.1. The van der Waals surface area contributed by atoms with Crippen molar-refractivity contribution in [2.45, 2.75) is 56.0 Å². The zero-order valence-corrected chi connectivity index (χ0v) is 15.0. The number of sulfonamides is 1. The number of halogens is 1. The third kappa shape index (κ3) is 3.82. The molecular weight excluding hydrogens is 360 g/mol. The van der Waals surface area contributed by atoms with Gasteiger partial charge in [-0.3, -0.25) is 0 Å². The highest BCUT2D eigenvalue weighted by Crippen LogP contribution is 2.34. The van der Waals surface area contributed by atoms with Crippen molar-refractivity contribution in [3.8, 4) is 0 Å². The van der Waals surface area contributed by atoms with Crippen molar-refractivity contribution in [2.24, 2.45) is 0 Å². The predicted octanol–water partition coefficient (Wildman–Crippen LogP) is 3.23. The molecule has 1 aromatic heterocycles. The van der Waals surface area contributed by atoms with Crippen LogP contribution in [0, 0.1) is 0 Å². The van der Waals surface area contributed by atoms with Gasteiger partial charge in [-0.05, 0) is 48.8 Å². The van der Waals surface area contributed by atoms with E-state index < -0.39 is 10.0 Å². The van der Waals surface area contributed by atoms with Crippen LogP contribution in [0.5, 0.6) is 0 Å². The Morgan fingerprint density at radius 2 is 2.00 bits per heavy atom. The molecule has 1 saturated carbocycles. The summed E-state index contributed by atoms with van der Waals surface area (Å²) in [7, 11) is -1.61. The minimum Gasteiger partial charge on any atom is -0.315 e. The monoisotopic (exact) mass is 380 g/mol. The first-order valence-electron chi connectivity index (χ1n) is 6.83. The van der Waals surface area contributed by atoms with Gasteiger partial charge in [0.05, 0.1) is 3.79 Å². The fourth-order valence-electron chi connectivity index (χ4n) is 2.66. The van der Waals surface area contributed by atoms with Gasteiger partial charge < -0.3 is 5.32 Å². The van der Waals surface area contributed by atoms with E-state index in [0.29, 0.717) is 15.2 Å². The summed E-state index contributed by atoms with van der Waals surface area (Å²) in [6, 6.07) is 1.75. The smallest absolute Gasteiger partial charge is 0.243 e. The van der Waals surface area contributed by atoms with Crippen LogP contribution in [0.3, 0.4) is 0 Å². The van der Waals surface area contributed by atoms with E-state index in [1.54, 1.807) is 6.07 Å². The minimum absolute atomic E-state index is 0.304. The SMILES string of the molecule is CNCc1cc(S(=O)(=O)NC2(C)CCCCC2)c(Br)s1. The van der Waals surface area contributed by atoms with Gasteiger partial charge in [0.15, 0.2) is 0 Å². The van der Waals surface area contributed by atoms with Crippen molar-refractivity contribution >= 4 is 37.3 Å². The van der Waals surface area contributed by atoms with Gasteiger partial charge in [-0.1, -0.05) is 19.3 Å². The zero-order valence-electron chi connectivity index (χ0n) is 11.8. The maximum Gasteiger partial charge on any atom is 0.243 e. The van der Waals surface area contributed by atoms with Crippen molar-refractivity contribution in [1.82, 2.24) is 10.0 Å². The molecule has 0 unspecified atom stereocenters. The van der Waals surface area contributed by atoms with Gasteiger partial charge in [0, 0.05) is 17.0 Å². The van der Waals surface area contributed by atoms with Crippen LogP contribution >= 0.6 is 27.3 Å². The summed E-state index contributed by atoms with van der Waals surface area (Å²) in [5, 5.41) is 3.04. The van der Waals surface area contributed by atoms with Crippen LogP contribution in [0.2, 0.25) is 0 Å². The average Bonchev–Trinajstić information content (AvgIpc) is 2.71. The summed E-state index contributed by atoms with van der Waals surface area (Å²) in [6.45, 7) is 2.69. The van der Waals surface area contributed by atoms with Gasteiger partial charge in [-0.25, -0.2) is 13.1 Å². The molecule has 7 heteroatoms. The van der Waals surface area contributed by atoms with Gasteiger partial charge >= 0.3 is 0 Å². The summed E-state index contributed by atoms with van der Waals surface area (Å²) in [4.78, 5) is 1.37. The first-order valence-corrected chi connectivity index (χ1v) is 9.92. The molecule has 0 aromatic carbocycles. The van der Waals surface area contributed by atoms with Crippen molar-refractivity contribution in [3.63, 3.8) is 0 Å². The van der Waals surface area contributed by atoms with Crippen LogP contribution in [-0.2, 0) is 16.6 Å². The lowest BCUT2D eigenvalue weighted by atomic mass is 9.84. The molecule has 20 heavy (non-hydrogen) atoms. The second kappa shape index (κ2) is 6.44. The Kier molecular flexibility index (Phi) is 5.29. The Balaban J connectivity index is 2.21. The van der Waals surface area contributed by atoms with Crippen molar-refractivity contribution < 1.29 is 8.42 Å². The Morgan fingerprint density at radius 1 is 1.35 bits per heavy atom. The molecule has 0 radical (unpaired) electrons. The molecule has 4 nitrogen and oxygen atoms in total. The molecule has 0 atom stereocenters. The fraction of sp³-hybridized carbons (Fsp3) is 0.692. The molecule has 1 aromatic rings. The topological polar surface area (TPSA) is 58.2 Å². The standard InChI is InChI=1S/C13H21BrN2O2S2/c1-13(6-4-3-5-7-13)16-20(17,18)11-8-10(9-15-2)19-12(11)14/h8,15-16H,3-7,9H2,1-2H3. The van der Waals surface area contributed by atoms with Gasteiger partial charge in [0.1, 0.15) is 4.90 Å². The zero-order chi connectivity index (χ0) is 14.8. The quantitative estimate of drug-likeness (QED) is 0.823. The predicted molar refractivity (Wildman–Crippen MR) is 86.6 cm³/mol. The Hall–Kier alpha value is 0.0500. The van der Waals surface area contributed by atoms with Crippen LogP contribution in [0.25, 0.3) is 0 Å². The molecule has 2 N–H and O–H groups in total. The molecule has 0 saturated heterocycles. The van der Waals surface area contributed by atoms with E-state index in [-0.39, 0.29) is 5.54 Å². The minimum atomic E-state index is -3.46. The van der Waals surface area contributed by atoms with E-state index in [1.807, 2.05) is 14.0 Å². The second-order valence-electron chi connectivity index (χ2n) is 5.61. The average molecular weight is 381 g/mol. The van der Waals surface area contributed by atoms with Crippen molar-refractivity contribution in [1.29, 1.82) is 0 Å². The number of thiophene rings is 1. The molecule has 1 aliphatic rings. The maximum atomic E-state index is 12.6. The third-order valence-corrected chi connectivity index (χ3v) is 7.58. The van der Waals surface area contributed by atoms with Gasteiger partial charge in [-0.2, -0.15) is 0 Å². The fourth-order valence-corrected chi connectivity index (χ4v) is 6.82. The molecule has 114 valence electrons. The first-order chi connectivity index (χ1) is 9.36. The molecule has 0 aliphatic heterocycles. The van der Waals surface area contributed by atoms with Crippen LogP contribution in [-0.4, -0.2) is 21.0 Å². The van der Waals surface area contributed by atoms with Gasteiger partial charge in [0.25, 0.3) is 0 Å². The van der Waals surface area contributed by atoms with Gasteiger partial charge in [0.2, 0.25) is 10.0 Å². The molecule has 0 bridgehead atoms. The van der Waals surface area contributed by atoms with E-state index in [1.165, 1.54) is 17.8 Å². The van der Waals surface area contributed by atoms with Crippen LogP contribution in [0.1, 0.15) is 43.9 Å². The molecule has 2 rings (SSSR count). The highest BCUT2D eigenvalue weighted by atomic mass is 79.9. The maximum absolute atomic E-state index is 12.6. The molecular formula is C13H21BrN2O2S2. The lowest BCUT2D eigenvalue weighted by Gasteiger charge is -2.34. The van der Waals surface area contributed by atoms with Crippen LogP contribution in [0.15, 0.2) is 14.7 Å². The molecule has 1 aliphatic carbocycles. The second-order valence-corrected chi connectivity index (χ2v) is 9.71.